The van der Waals surface area contributed by atoms with Crippen LogP contribution >= 0.6 is 11.6 Å². The topological polar surface area (TPSA) is 130 Å². The van der Waals surface area contributed by atoms with Crippen LogP contribution in [0.1, 0.15) is 11.7 Å². The molecule has 0 unspecified atom stereocenters. The number of nitrogen functional groups attached to an aromatic ring is 1. The molecule has 0 saturated heterocycles. The van der Waals surface area contributed by atoms with E-state index in [1.165, 1.54) is 0 Å². The minimum atomic E-state index is -0.836. The van der Waals surface area contributed by atoms with E-state index in [1.54, 1.807) is 55.0 Å². The number of nitrogens with one attached hydrogen (secondary N) is 2. The minimum Gasteiger partial charge on any atom is -0.387 e. The maximum absolute atomic E-state index is 12.4. The molecule has 29 heavy (non-hydrogen) atoms. The third kappa shape index (κ3) is 4.03. The highest BCUT2D eigenvalue weighted by atomic mass is 35.5. The fourth-order valence-electron chi connectivity index (χ4n) is 2.99. The molecule has 0 radical (unpaired) electrons. The predicted molar refractivity (Wildman–Crippen MR) is 113 cm³/mol. The molecule has 0 spiro atoms. The monoisotopic (exact) mass is 408 g/mol. The number of aromatic amines is 1. The van der Waals surface area contributed by atoms with Gasteiger partial charge in [0.25, 0.3) is 5.56 Å². The molecule has 146 valence electrons. The number of fused-ring (bicyclic) bond motifs is 1. The zero-order valence-corrected chi connectivity index (χ0v) is 15.9. The lowest BCUT2D eigenvalue weighted by atomic mass is 10.1. The largest absolute Gasteiger partial charge is 0.387 e. The van der Waals surface area contributed by atoms with Crippen LogP contribution in [0.5, 0.6) is 0 Å². The average Bonchev–Trinajstić information content (AvgIpc) is 2.72. The summed E-state index contributed by atoms with van der Waals surface area (Å²) >= 11 is 5.99. The second-order valence-electron chi connectivity index (χ2n) is 6.41. The van der Waals surface area contributed by atoms with Gasteiger partial charge in [0.05, 0.1) is 17.2 Å². The second kappa shape index (κ2) is 7.86. The van der Waals surface area contributed by atoms with Crippen LogP contribution in [0, 0.1) is 0 Å². The highest BCUT2D eigenvalue weighted by Crippen LogP contribution is 2.26. The van der Waals surface area contributed by atoms with Gasteiger partial charge >= 0.3 is 0 Å². The Balaban J connectivity index is 1.71. The minimum absolute atomic E-state index is 0.137. The van der Waals surface area contributed by atoms with Crippen molar-refractivity contribution in [3.05, 3.63) is 75.9 Å². The van der Waals surface area contributed by atoms with Gasteiger partial charge in [-0.15, -0.1) is 0 Å². The number of benzene rings is 1. The van der Waals surface area contributed by atoms with E-state index >= 15 is 0 Å². The molecule has 9 heteroatoms. The number of nitrogens with zero attached hydrogens (tertiary/aromatic N) is 3. The molecule has 5 N–H and O–H groups in total. The maximum Gasteiger partial charge on any atom is 0.259 e. The van der Waals surface area contributed by atoms with E-state index < -0.39 is 6.10 Å². The molecule has 0 fully saturated rings. The van der Waals surface area contributed by atoms with Gasteiger partial charge < -0.3 is 21.1 Å². The Morgan fingerprint density at radius 3 is 2.76 bits per heavy atom. The molecule has 3 heterocycles. The van der Waals surface area contributed by atoms with E-state index in [-0.39, 0.29) is 18.1 Å². The van der Waals surface area contributed by atoms with Gasteiger partial charge in [0.2, 0.25) is 5.95 Å². The van der Waals surface area contributed by atoms with E-state index in [2.05, 4.69) is 25.3 Å². The van der Waals surface area contributed by atoms with Gasteiger partial charge in [-0.1, -0.05) is 23.7 Å². The smallest absolute Gasteiger partial charge is 0.259 e. The number of H-pyrrole nitrogens is 1. The van der Waals surface area contributed by atoms with Crippen molar-refractivity contribution < 1.29 is 5.11 Å². The van der Waals surface area contributed by atoms with Gasteiger partial charge in [0.1, 0.15) is 5.82 Å². The predicted octanol–water partition coefficient (Wildman–Crippen LogP) is 2.76. The average molecular weight is 409 g/mol. The quantitative estimate of drug-likeness (QED) is 0.399. The summed E-state index contributed by atoms with van der Waals surface area (Å²) in [6.45, 7) is 0.137. The van der Waals surface area contributed by atoms with Crippen molar-refractivity contribution >= 4 is 34.1 Å². The van der Waals surface area contributed by atoms with Crippen molar-refractivity contribution in [2.24, 2.45) is 0 Å². The van der Waals surface area contributed by atoms with Gasteiger partial charge in [-0.2, -0.15) is 0 Å². The fraction of sp³-hybridized carbons (Fsp3) is 0.100. The highest BCUT2D eigenvalue weighted by Gasteiger charge is 2.14. The zero-order chi connectivity index (χ0) is 20.4. The van der Waals surface area contributed by atoms with Crippen LogP contribution in [-0.4, -0.2) is 31.6 Å². The molecule has 3 aromatic heterocycles. The number of hydrogen-bond donors (Lipinski definition) is 4. The lowest BCUT2D eigenvalue weighted by molar-refractivity contribution is 0.191. The number of halogens is 1. The summed E-state index contributed by atoms with van der Waals surface area (Å²) in [7, 11) is 0. The summed E-state index contributed by atoms with van der Waals surface area (Å²) in [4.78, 5) is 27.6. The highest BCUT2D eigenvalue weighted by molar-refractivity contribution is 6.30. The summed E-state index contributed by atoms with van der Waals surface area (Å²) in [6.07, 6.45) is 3.86. The number of aromatic nitrogens is 4. The van der Waals surface area contributed by atoms with Gasteiger partial charge in [-0.25, -0.2) is 15.0 Å². The number of pyridine rings is 2. The third-order valence-corrected chi connectivity index (χ3v) is 4.65. The number of rotatable bonds is 5. The van der Waals surface area contributed by atoms with Crippen LogP contribution in [-0.2, 0) is 0 Å². The van der Waals surface area contributed by atoms with Crippen LogP contribution in [0.2, 0.25) is 5.02 Å². The van der Waals surface area contributed by atoms with E-state index in [4.69, 9.17) is 17.3 Å². The Bertz CT molecular complexity index is 1230. The van der Waals surface area contributed by atoms with Crippen LogP contribution in [0.25, 0.3) is 22.0 Å². The molecule has 0 bridgehead atoms. The SMILES string of the molecule is Nc1ncc(-c2cc3cc[nH]c(=O)c3c(NC[C@@H](O)c3cccc(Cl)c3)n2)cn1. The van der Waals surface area contributed by atoms with Crippen molar-refractivity contribution in [3.8, 4) is 11.3 Å². The zero-order valence-electron chi connectivity index (χ0n) is 15.1. The summed E-state index contributed by atoms with van der Waals surface area (Å²) in [5, 5.41) is 15.2. The Labute approximate surface area is 170 Å². The number of nitrogens with two attached hydrogens (primary N) is 1. The van der Waals surface area contributed by atoms with E-state index in [1.807, 2.05) is 0 Å². The number of anilines is 2. The molecule has 0 aliphatic rings. The number of hydrogen-bond acceptors (Lipinski definition) is 7. The Morgan fingerprint density at radius 2 is 2.00 bits per heavy atom. The summed E-state index contributed by atoms with van der Waals surface area (Å²) in [5.41, 5.74) is 7.16. The molecule has 0 amide bonds. The van der Waals surface area contributed by atoms with Crippen LogP contribution in [0.4, 0.5) is 11.8 Å². The molecule has 0 aliphatic carbocycles. The molecule has 1 aromatic carbocycles. The Morgan fingerprint density at radius 1 is 1.21 bits per heavy atom. The van der Waals surface area contributed by atoms with Crippen LogP contribution in [0.15, 0.2) is 59.8 Å². The molecule has 0 aliphatic heterocycles. The van der Waals surface area contributed by atoms with Crippen molar-refractivity contribution in [3.63, 3.8) is 0 Å². The number of aliphatic hydroxyl groups is 1. The first-order valence-electron chi connectivity index (χ1n) is 8.79. The normalized spacial score (nSPS) is 12.1. The van der Waals surface area contributed by atoms with Crippen molar-refractivity contribution in [1.82, 2.24) is 19.9 Å². The van der Waals surface area contributed by atoms with Crippen molar-refractivity contribution in [2.45, 2.75) is 6.10 Å². The van der Waals surface area contributed by atoms with Crippen molar-refractivity contribution in [2.75, 3.05) is 17.6 Å². The summed E-state index contributed by atoms with van der Waals surface area (Å²) in [5.74, 6) is 0.506. The Kier molecular flexibility index (Phi) is 5.11. The van der Waals surface area contributed by atoms with Gasteiger partial charge in [-0.05, 0) is 35.2 Å². The first-order chi connectivity index (χ1) is 14.0. The van der Waals surface area contributed by atoms with Gasteiger partial charge in [0.15, 0.2) is 0 Å². The lowest BCUT2D eigenvalue weighted by Crippen LogP contribution is -2.16. The first kappa shape index (κ1) is 18.9. The third-order valence-electron chi connectivity index (χ3n) is 4.42. The molecule has 4 rings (SSSR count). The molecular formula is C20H17ClN6O2. The molecule has 4 aromatic rings. The van der Waals surface area contributed by atoms with Gasteiger partial charge in [-0.3, -0.25) is 4.79 Å². The van der Waals surface area contributed by atoms with Gasteiger partial charge in [0, 0.05) is 35.7 Å². The van der Waals surface area contributed by atoms with E-state index in [0.717, 1.165) is 0 Å². The summed E-state index contributed by atoms with van der Waals surface area (Å²) < 4.78 is 0. The maximum atomic E-state index is 12.4. The standard InChI is InChI=1S/C20H17ClN6O2/c21-14-3-1-2-11(6-14)16(28)10-24-18-17-12(4-5-23-19(17)29)7-15(27-18)13-8-25-20(22)26-9-13/h1-9,16,28H,10H2,(H,23,29)(H,24,27)(H2,22,25,26)/t16-/m1/s1. The molecule has 0 saturated carbocycles. The van der Waals surface area contributed by atoms with Crippen LogP contribution < -0.4 is 16.6 Å². The van der Waals surface area contributed by atoms with Crippen LogP contribution in [0.3, 0.4) is 0 Å². The molecule has 1 atom stereocenters. The molecule has 8 nitrogen and oxygen atoms in total. The van der Waals surface area contributed by atoms with E-state index in [9.17, 15) is 9.90 Å². The Hall–Kier alpha value is -3.49. The lowest BCUT2D eigenvalue weighted by Gasteiger charge is -2.15. The van der Waals surface area contributed by atoms with E-state index in [0.29, 0.717) is 38.4 Å². The summed E-state index contributed by atoms with van der Waals surface area (Å²) in [6, 6.07) is 10.5. The number of aliphatic hydroxyl groups excluding tert-OH is 1. The second-order valence-corrected chi connectivity index (χ2v) is 6.85. The van der Waals surface area contributed by atoms with Crippen molar-refractivity contribution in [1.29, 1.82) is 0 Å². The first-order valence-corrected chi connectivity index (χ1v) is 9.17. The fourth-order valence-corrected chi connectivity index (χ4v) is 3.18. The molecular weight excluding hydrogens is 392 g/mol.